The Bertz CT molecular complexity index is 1120. The first-order valence-electron chi connectivity index (χ1n) is 9.51. The van der Waals surface area contributed by atoms with Crippen LogP contribution in [-0.4, -0.2) is 9.97 Å². The summed E-state index contributed by atoms with van der Waals surface area (Å²) in [6.07, 6.45) is 7.35. The Balaban J connectivity index is 1.31. The van der Waals surface area contributed by atoms with E-state index in [1.54, 1.807) is 12.5 Å². The van der Waals surface area contributed by atoms with Crippen molar-refractivity contribution >= 4 is 22.8 Å². The van der Waals surface area contributed by atoms with E-state index >= 15 is 0 Å². The molecule has 1 unspecified atom stereocenters. The van der Waals surface area contributed by atoms with Gasteiger partial charge in [-0.05, 0) is 67.4 Å². The summed E-state index contributed by atoms with van der Waals surface area (Å²) < 4.78 is 17.5. The molecule has 0 saturated carbocycles. The number of para-hydroxylation sites is 2. The zero-order valence-electron chi connectivity index (χ0n) is 15.6. The molecule has 1 aliphatic heterocycles. The highest BCUT2D eigenvalue weighted by molar-refractivity contribution is 5.75. The lowest BCUT2D eigenvalue weighted by atomic mass is 10.0. The summed E-state index contributed by atoms with van der Waals surface area (Å²) in [5, 5.41) is 3.17. The first-order valence-corrected chi connectivity index (χ1v) is 9.51. The van der Waals surface area contributed by atoms with Crippen molar-refractivity contribution in [2.75, 3.05) is 5.32 Å². The number of fused-ring (bicyclic) bond motifs is 1. The van der Waals surface area contributed by atoms with Crippen LogP contribution in [0.5, 0.6) is 11.6 Å². The van der Waals surface area contributed by atoms with Crippen molar-refractivity contribution in [1.29, 1.82) is 0 Å². The van der Waals surface area contributed by atoms with E-state index in [4.69, 9.17) is 13.9 Å². The molecule has 0 aliphatic carbocycles. The standard InChI is InChI=1S/C23H19N3O3/c1-2-9-21-19(7-1)26-23(29-21)25-16-10-12-17(13-11-16)28-22-18(6-5-14-24-22)20-8-3-4-15-27-20/h1-2,4-7,9-15,20H,3,8H2,(H,25,26). The second kappa shape index (κ2) is 7.67. The Morgan fingerprint density at radius 1 is 1.00 bits per heavy atom. The van der Waals surface area contributed by atoms with Crippen molar-refractivity contribution in [3.05, 3.63) is 84.8 Å². The third-order valence-electron chi connectivity index (χ3n) is 4.70. The van der Waals surface area contributed by atoms with Gasteiger partial charge in [-0.1, -0.05) is 12.1 Å². The summed E-state index contributed by atoms with van der Waals surface area (Å²) in [6, 6.07) is 19.6. The molecule has 1 atom stereocenters. The van der Waals surface area contributed by atoms with Gasteiger partial charge in [0.25, 0.3) is 6.01 Å². The van der Waals surface area contributed by atoms with Crippen molar-refractivity contribution < 1.29 is 13.9 Å². The summed E-state index contributed by atoms with van der Waals surface area (Å²) in [6.45, 7) is 0. The Labute approximate surface area is 167 Å². The summed E-state index contributed by atoms with van der Waals surface area (Å²) in [4.78, 5) is 8.82. The maximum absolute atomic E-state index is 6.03. The molecule has 6 heteroatoms. The van der Waals surface area contributed by atoms with Crippen LogP contribution in [0.3, 0.4) is 0 Å². The van der Waals surface area contributed by atoms with E-state index < -0.39 is 0 Å². The molecule has 6 nitrogen and oxygen atoms in total. The summed E-state index contributed by atoms with van der Waals surface area (Å²) >= 11 is 0. The number of anilines is 2. The van der Waals surface area contributed by atoms with Crippen molar-refractivity contribution in [3.8, 4) is 11.6 Å². The first-order chi connectivity index (χ1) is 14.3. The highest BCUT2D eigenvalue weighted by atomic mass is 16.5. The predicted octanol–water partition coefficient (Wildman–Crippen LogP) is 6.12. The van der Waals surface area contributed by atoms with Gasteiger partial charge in [-0.15, -0.1) is 0 Å². The monoisotopic (exact) mass is 385 g/mol. The largest absolute Gasteiger partial charge is 0.493 e. The van der Waals surface area contributed by atoms with Crippen molar-refractivity contribution in [2.24, 2.45) is 0 Å². The molecule has 144 valence electrons. The Hall–Kier alpha value is -3.80. The van der Waals surface area contributed by atoms with Crippen LogP contribution in [0.2, 0.25) is 0 Å². The highest BCUT2D eigenvalue weighted by Crippen LogP contribution is 2.34. The van der Waals surface area contributed by atoms with Gasteiger partial charge < -0.3 is 19.2 Å². The third-order valence-corrected chi connectivity index (χ3v) is 4.70. The normalized spacial score (nSPS) is 15.8. The van der Waals surface area contributed by atoms with Gasteiger partial charge in [0.05, 0.1) is 11.8 Å². The second-order valence-corrected chi connectivity index (χ2v) is 6.71. The smallest absolute Gasteiger partial charge is 0.300 e. The molecule has 1 N–H and O–H groups in total. The minimum atomic E-state index is -0.0381. The molecule has 0 bridgehead atoms. The average molecular weight is 385 g/mol. The molecule has 2 aromatic carbocycles. The fraction of sp³-hybridized carbons (Fsp3) is 0.130. The molecule has 4 aromatic rings. The molecule has 2 aromatic heterocycles. The van der Waals surface area contributed by atoms with Crippen LogP contribution in [0, 0.1) is 0 Å². The summed E-state index contributed by atoms with van der Waals surface area (Å²) in [5.41, 5.74) is 3.37. The summed E-state index contributed by atoms with van der Waals surface area (Å²) in [5.74, 6) is 1.26. The molecular weight excluding hydrogens is 366 g/mol. The van der Waals surface area contributed by atoms with E-state index in [1.807, 2.05) is 66.7 Å². The van der Waals surface area contributed by atoms with Gasteiger partial charge in [0, 0.05) is 11.9 Å². The van der Waals surface area contributed by atoms with Crippen LogP contribution in [0.15, 0.2) is 83.6 Å². The highest BCUT2D eigenvalue weighted by Gasteiger charge is 2.19. The number of hydrogen-bond donors (Lipinski definition) is 1. The van der Waals surface area contributed by atoms with Gasteiger partial charge in [-0.3, -0.25) is 0 Å². The number of pyridine rings is 1. The molecule has 29 heavy (non-hydrogen) atoms. The van der Waals surface area contributed by atoms with E-state index in [1.165, 1.54) is 0 Å². The number of rotatable bonds is 5. The van der Waals surface area contributed by atoms with Crippen molar-refractivity contribution in [3.63, 3.8) is 0 Å². The second-order valence-electron chi connectivity index (χ2n) is 6.71. The lowest BCUT2D eigenvalue weighted by Crippen LogP contribution is -2.06. The lowest BCUT2D eigenvalue weighted by Gasteiger charge is -2.21. The fourth-order valence-electron chi connectivity index (χ4n) is 3.26. The quantitative estimate of drug-likeness (QED) is 0.446. The zero-order valence-corrected chi connectivity index (χ0v) is 15.6. The molecule has 0 amide bonds. The topological polar surface area (TPSA) is 69.4 Å². The van der Waals surface area contributed by atoms with Crippen LogP contribution in [0.4, 0.5) is 11.7 Å². The first kappa shape index (κ1) is 17.3. The van der Waals surface area contributed by atoms with Gasteiger partial charge in [-0.25, -0.2) is 4.98 Å². The maximum atomic E-state index is 6.03. The van der Waals surface area contributed by atoms with Crippen LogP contribution in [0.25, 0.3) is 11.1 Å². The molecular formula is C23H19N3O3. The number of hydrogen-bond acceptors (Lipinski definition) is 6. The molecule has 0 saturated heterocycles. The van der Waals surface area contributed by atoms with E-state index in [-0.39, 0.29) is 6.10 Å². The van der Waals surface area contributed by atoms with Gasteiger partial charge in [0.15, 0.2) is 5.58 Å². The Morgan fingerprint density at radius 3 is 2.72 bits per heavy atom. The van der Waals surface area contributed by atoms with Crippen molar-refractivity contribution in [2.45, 2.75) is 18.9 Å². The lowest BCUT2D eigenvalue weighted by molar-refractivity contribution is 0.122. The SMILES string of the molecule is C1=COC(c2cccnc2Oc2ccc(Nc3nc4ccccc4o3)cc2)CC1. The number of allylic oxidation sites excluding steroid dienone is 1. The van der Waals surface area contributed by atoms with Gasteiger partial charge in [0.1, 0.15) is 17.4 Å². The van der Waals surface area contributed by atoms with Gasteiger partial charge in [0.2, 0.25) is 5.88 Å². The minimum Gasteiger partial charge on any atom is -0.493 e. The van der Waals surface area contributed by atoms with E-state index in [0.717, 1.165) is 35.2 Å². The van der Waals surface area contributed by atoms with Gasteiger partial charge in [-0.2, -0.15) is 4.98 Å². The van der Waals surface area contributed by atoms with E-state index in [0.29, 0.717) is 17.6 Å². The van der Waals surface area contributed by atoms with Crippen LogP contribution in [-0.2, 0) is 4.74 Å². The summed E-state index contributed by atoms with van der Waals surface area (Å²) in [7, 11) is 0. The Morgan fingerprint density at radius 2 is 1.90 bits per heavy atom. The zero-order chi connectivity index (χ0) is 19.5. The molecule has 3 heterocycles. The predicted molar refractivity (Wildman–Crippen MR) is 110 cm³/mol. The number of oxazole rings is 1. The van der Waals surface area contributed by atoms with E-state index in [9.17, 15) is 0 Å². The molecule has 1 aliphatic rings. The molecule has 0 spiro atoms. The van der Waals surface area contributed by atoms with Crippen LogP contribution >= 0.6 is 0 Å². The van der Waals surface area contributed by atoms with Crippen LogP contribution in [0.1, 0.15) is 24.5 Å². The average Bonchev–Trinajstić information content (AvgIpc) is 3.18. The molecule has 5 rings (SSSR count). The third kappa shape index (κ3) is 3.78. The number of nitrogens with one attached hydrogen (secondary N) is 1. The number of aromatic nitrogens is 2. The Kier molecular flexibility index (Phi) is 4.58. The van der Waals surface area contributed by atoms with Crippen LogP contribution < -0.4 is 10.1 Å². The fourth-order valence-corrected chi connectivity index (χ4v) is 3.26. The van der Waals surface area contributed by atoms with Crippen molar-refractivity contribution in [1.82, 2.24) is 9.97 Å². The minimum absolute atomic E-state index is 0.0381. The maximum Gasteiger partial charge on any atom is 0.300 e. The molecule has 0 fully saturated rings. The van der Waals surface area contributed by atoms with Gasteiger partial charge >= 0.3 is 0 Å². The van der Waals surface area contributed by atoms with E-state index in [2.05, 4.69) is 15.3 Å². The number of benzene rings is 2. The number of ether oxygens (including phenoxy) is 2. The number of nitrogens with zero attached hydrogens (tertiary/aromatic N) is 2. The molecule has 0 radical (unpaired) electrons.